The Morgan fingerprint density at radius 3 is 1.76 bits per heavy atom. The highest BCUT2D eigenvalue weighted by molar-refractivity contribution is 5.94. The van der Waals surface area contributed by atoms with E-state index in [1.54, 1.807) is 13.8 Å². The molecule has 0 spiro atoms. The number of anilines is 3. The quantitative estimate of drug-likeness (QED) is 0.185. The van der Waals surface area contributed by atoms with Crippen molar-refractivity contribution in [1.29, 1.82) is 0 Å². The molecule has 9 rings (SSSR count). The predicted octanol–water partition coefficient (Wildman–Crippen LogP) is 11.3. The first-order valence-corrected chi connectivity index (χ1v) is 15.0. The minimum absolute atomic E-state index is 0.00221. The lowest BCUT2D eigenvalue weighted by atomic mass is 9.82. The molecule has 4 heteroatoms. The van der Waals surface area contributed by atoms with Gasteiger partial charge in [-0.15, -0.1) is 0 Å². The van der Waals surface area contributed by atoms with Gasteiger partial charge in [0.1, 0.15) is 0 Å². The molecule has 1 aromatic heterocycles. The second-order valence-electron chi connectivity index (χ2n) is 12.3. The Kier molecular flexibility index (Phi) is 3.00. The maximum Gasteiger partial charge on any atom is 0.238 e. The average molecular weight is 657 g/mol. The van der Waals surface area contributed by atoms with Gasteiger partial charge >= 0.3 is 0 Å². The van der Waals surface area contributed by atoms with Crippen LogP contribution in [0.4, 0.5) is 17.3 Å². The van der Waals surface area contributed by atoms with Crippen LogP contribution in [0.15, 0.2) is 145 Å². The van der Waals surface area contributed by atoms with Gasteiger partial charge in [-0.1, -0.05) is 149 Å². The van der Waals surface area contributed by atoms with Gasteiger partial charge in [-0.25, -0.2) is 4.98 Å². The summed E-state index contributed by atoms with van der Waals surface area (Å²) in [5, 5.41) is 0. The Morgan fingerprint density at radius 2 is 1.02 bits per heavy atom. The van der Waals surface area contributed by atoms with Crippen LogP contribution in [0.1, 0.15) is 82.8 Å². The van der Waals surface area contributed by atoms with E-state index in [0.29, 0.717) is 4.90 Å². The molecule has 0 saturated carbocycles. The van der Waals surface area contributed by atoms with Crippen LogP contribution in [0, 0.1) is 0 Å². The molecule has 236 valence electrons. The summed E-state index contributed by atoms with van der Waals surface area (Å²) in [5.41, 5.74) is -7.44. The van der Waals surface area contributed by atoms with Crippen molar-refractivity contribution in [3.63, 3.8) is 0 Å². The van der Waals surface area contributed by atoms with Crippen LogP contribution < -0.4 is 4.90 Å². The molecule has 4 nitrogen and oxygen atoms in total. The van der Waals surface area contributed by atoms with E-state index in [1.165, 1.54) is 13.8 Å². The van der Waals surface area contributed by atoms with E-state index in [-0.39, 0.29) is 44.5 Å². The van der Waals surface area contributed by atoms with Crippen molar-refractivity contribution in [2.75, 3.05) is 4.90 Å². The first kappa shape index (κ1) is 13.6. The lowest BCUT2D eigenvalue weighted by Crippen LogP contribution is -2.18. The lowest BCUT2D eigenvalue weighted by molar-refractivity contribution is 0.660. The summed E-state index contributed by atoms with van der Waals surface area (Å²) in [4.78, 5) is 14.2. The monoisotopic (exact) mass is 656 g/mol. The summed E-state index contributed by atoms with van der Waals surface area (Å²) in [6.07, 6.45) is 0. The van der Waals surface area contributed by atoms with E-state index in [2.05, 4.69) is 15.0 Å². The number of nitrogens with zero attached hydrogens (tertiary/aromatic N) is 4. The number of benzene rings is 6. The highest BCUT2D eigenvalue weighted by Gasteiger charge is 2.38. The van der Waals surface area contributed by atoms with Crippen LogP contribution in [0.3, 0.4) is 0 Å². The van der Waals surface area contributed by atoms with Crippen LogP contribution in [-0.4, -0.2) is 15.0 Å². The van der Waals surface area contributed by atoms with Crippen molar-refractivity contribution in [3.05, 3.63) is 167 Å². The molecular formula is C45H36N4. The second-order valence-corrected chi connectivity index (χ2v) is 12.3. The Morgan fingerprint density at radius 1 is 0.469 bits per heavy atom. The highest BCUT2D eigenvalue weighted by Crippen LogP contribution is 2.54. The van der Waals surface area contributed by atoms with E-state index in [4.69, 9.17) is 20.6 Å². The zero-order chi connectivity index (χ0) is 54.2. The van der Waals surface area contributed by atoms with Crippen molar-refractivity contribution in [2.45, 2.75) is 38.5 Å². The zero-order valence-corrected chi connectivity index (χ0v) is 26.3. The van der Waals surface area contributed by atoms with Gasteiger partial charge in [0, 0.05) is 33.2 Å². The van der Waals surface area contributed by atoms with Gasteiger partial charge in [-0.2, -0.15) is 9.97 Å². The van der Waals surface area contributed by atoms with Crippen molar-refractivity contribution >= 4 is 17.3 Å². The van der Waals surface area contributed by atoms with E-state index in [9.17, 15) is 12.3 Å². The number of hydrogen-bond acceptors (Lipinski definition) is 4. The fraction of sp³-hybridized carbons (Fsp3) is 0.133. The molecule has 6 aromatic carbocycles. The van der Waals surface area contributed by atoms with E-state index < -0.39 is 196 Å². The Balaban J connectivity index is 1.54. The van der Waals surface area contributed by atoms with Crippen molar-refractivity contribution in [2.24, 2.45) is 0 Å². The smallest absolute Gasteiger partial charge is 0.238 e. The van der Waals surface area contributed by atoms with Crippen LogP contribution in [0.2, 0.25) is 0 Å². The minimum atomic E-state index is -1.58. The average Bonchev–Trinajstić information content (AvgIpc) is 3.74. The van der Waals surface area contributed by atoms with Gasteiger partial charge in [-0.3, -0.25) is 4.90 Å². The number of aromatic nitrogens is 3. The highest BCUT2D eigenvalue weighted by atomic mass is 15.3. The molecule has 0 radical (unpaired) electrons. The lowest BCUT2D eigenvalue weighted by Gasteiger charge is -2.27. The van der Waals surface area contributed by atoms with Gasteiger partial charge in [-0.05, 0) is 63.1 Å². The zero-order valence-electron chi connectivity index (χ0n) is 50.3. The molecule has 0 amide bonds. The Labute approximate surface area is 321 Å². The number of para-hydroxylation sites is 1. The summed E-state index contributed by atoms with van der Waals surface area (Å²) in [7, 11) is 0. The topological polar surface area (TPSA) is 41.9 Å². The van der Waals surface area contributed by atoms with Gasteiger partial charge in [0.05, 0.1) is 38.6 Å². The largest absolute Gasteiger partial charge is 0.278 e. The number of rotatable bonds is 5. The first-order chi connectivity index (χ1) is 33.8. The molecular weight excluding hydrogens is 597 g/mol. The molecule has 2 aliphatic rings. The third-order valence-electron chi connectivity index (χ3n) is 8.75. The van der Waals surface area contributed by atoms with Crippen LogP contribution in [0.5, 0.6) is 0 Å². The Hall–Kier alpha value is -5.87. The van der Waals surface area contributed by atoms with Crippen molar-refractivity contribution in [1.82, 2.24) is 15.0 Å². The predicted molar refractivity (Wildman–Crippen MR) is 201 cm³/mol. The summed E-state index contributed by atoms with van der Waals surface area (Å²) in [5.74, 6) is -2.63. The molecule has 49 heavy (non-hydrogen) atoms. The summed E-state index contributed by atoms with van der Waals surface area (Å²) in [6, 6.07) is -19.0. The molecule has 0 unspecified atom stereocenters. The standard InChI is InChI=1S/C45H36N4/c1-44(2)35-22-13-11-20-32(35)34-28-30(26-27-37(34)44)42-46-41(29-16-7-5-8-17-29)47-43(48-42)49(31-18-9-6-10-19-31)39-25-15-24-38-40(39)33-21-12-14-23-36(33)45(38,3)4/h5-28H,1-4H3/i5D,6D,7D,8D,9D,10D,11D,12D,13D,14D,15D,16D,17D,18D,19D,20D,21D,22D,23D,24D,25D,26D,27D,28D. The summed E-state index contributed by atoms with van der Waals surface area (Å²) in [6.45, 7) is 6.08. The van der Waals surface area contributed by atoms with Crippen LogP contribution in [0.25, 0.3) is 45.0 Å². The van der Waals surface area contributed by atoms with Crippen molar-refractivity contribution < 1.29 is 32.9 Å². The molecule has 0 aliphatic heterocycles. The van der Waals surface area contributed by atoms with Crippen LogP contribution in [-0.2, 0) is 10.8 Å². The van der Waals surface area contributed by atoms with Gasteiger partial charge in [0.15, 0.2) is 11.6 Å². The molecule has 0 atom stereocenters. The molecule has 0 bridgehead atoms. The fourth-order valence-corrected chi connectivity index (χ4v) is 6.36. The summed E-state index contributed by atoms with van der Waals surface area (Å²) >= 11 is 0. The molecule has 7 aromatic rings. The molecule has 0 fully saturated rings. The molecule has 2 aliphatic carbocycles. The van der Waals surface area contributed by atoms with E-state index in [0.717, 1.165) is 0 Å². The normalized spacial score (nSPS) is 21.3. The minimum Gasteiger partial charge on any atom is -0.278 e. The van der Waals surface area contributed by atoms with E-state index >= 15 is 0 Å². The van der Waals surface area contributed by atoms with Gasteiger partial charge in [0.25, 0.3) is 0 Å². The van der Waals surface area contributed by atoms with Crippen LogP contribution >= 0.6 is 0 Å². The number of fused-ring (bicyclic) bond motifs is 6. The van der Waals surface area contributed by atoms with Gasteiger partial charge in [0.2, 0.25) is 5.95 Å². The molecule has 1 heterocycles. The van der Waals surface area contributed by atoms with E-state index in [1.807, 2.05) is 0 Å². The number of hydrogen-bond donors (Lipinski definition) is 0. The maximum atomic E-state index is 9.80. The van der Waals surface area contributed by atoms with Crippen molar-refractivity contribution in [3.8, 4) is 45.0 Å². The third-order valence-corrected chi connectivity index (χ3v) is 8.75. The van der Waals surface area contributed by atoms with Gasteiger partial charge < -0.3 is 0 Å². The second kappa shape index (κ2) is 10.8. The third kappa shape index (κ3) is 4.48. The fourth-order valence-electron chi connectivity index (χ4n) is 6.36. The molecule has 0 N–H and O–H groups in total. The summed E-state index contributed by atoms with van der Waals surface area (Å²) < 4.78 is 215. The Bertz CT molecular complexity index is 3700. The first-order valence-electron chi connectivity index (χ1n) is 27.0. The molecule has 0 saturated heterocycles. The SMILES string of the molecule is [2H]c1c([2H])c([2H])c(-c2nc(-c3c([2H])c([2H])c4c(c3[2H])-c3c([2H])c([2H])c([2H])c([2H])c3C4(C)C)nc(N(c3c([2H])c([2H])c([2H])c([2H])c3[2H])c3c([2H])c([2H])c([2H])c4c3-c3c([2H])c([2H])c([2H])c([2H])c3C4(C)C)n2)c([2H])c1[2H]. The maximum absolute atomic E-state index is 9.80.